The molecule has 0 radical (unpaired) electrons. The lowest BCUT2D eigenvalue weighted by Crippen LogP contribution is -2.34. The molecular formula is C13H19N3O3. The van der Waals surface area contributed by atoms with Gasteiger partial charge in [0.1, 0.15) is 11.5 Å². The standard InChI is InChI=1S/C13H19N3O3/c1-18-9-3-4-12(19-2)10(7-9)11-8-15-13(17)16(11)6-5-14/h3-4,7,11H,5-6,8,14H2,1-2H3,(H,15,17). The van der Waals surface area contributed by atoms with Crippen molar-refractivity contribution in [2.24, 2.45) is 5.73 Å². The predicted octanol–water partition coefficient (Wildman–Crippen LogP) is 0.729. The van der Waals surface area contributed by atoms with Crippen molar-refractivity contribution in [2.75, 3.05) is 33.9 Å². The average molecular weight is 265 g/mol. The summed E-state index contributed by atoms with van der Waals surface area (Å²) in [5, 5.41) is 2.83. The Kier molecular flexibility index (Phi) is 4.11. The van der Waals surface area contributed by atoms with Gasteiger partial charge in [-0.05, 0) is 18.2 Å². The van der Waals surface area contributed by atoms with Crippen molar-refractivity contribution in [3.63, 3.8) is 0 Å². The maximum Gasteiger partial charge on any atom is 0.318 e. The number of carbonyl (C=O) groups is 1. The first-order chi connectivity index (χ1) is 9.21. The third-order valence-electron chi connectivity index (χ3n) is 3.25. The molecule has 3 N–H and O–H groups in total. The van der Waals surface area contributed by atoms with Crippen LogP contribution in [0.4, 0.5) is 4.79 Å². The Balaban J connectivity index is 2.36. The molecule has 2 rings (SSSR count). The monoisotopic (exact) mass is 265 g/mol. The van der Waals surface area contributed by atoms with Crippen molar-refractivity contribution >= 4 is 6.03 Å². The molecular weight excluding hydrogens is 246 g/mol. The summed E-state index contributed by atoms with van der Waals surface area (Å²) in [6.45, 7) is 1.48. The van der Waals surface area contributed by atoms with Crippen molar-refractivity contribution in [2.45, 2.75) is 6.04 Å². The first-order valence-electron chi connectivity index (χ1n) is 6.17. The molecule has 0 saturated carbocycles. The third-order valence-corrected chi connectivity index (χ3v) is 3.25. The maximum absolute atomic E-state index is 11.8. The lowest BCUT2D eigenvalue weighted by atomic mass is 10.0. The number of nitrogens with one attached hydrogen (secondary N) is 1. The van der Waals surface area contributed by atoms with Crippen LogP contribution in [0, 0.1) is 0 Å². The Hall–Kier alpha value is -1.95. The van der Waals surface area contributed by atoms with E-state index in [1.54, 1.807) is 19.1 Å². The molecule has 0 spiro atoms. The molecule has 1 heterocycles. The second-order valence-corrected chi connectivity index (χ2v) is 4.29. The highest BCUT2D eigenvalue weighted by Crippen LogP contribution is 2.34. The van der Waals surface area contributed by atoms with Gasteiger partial charge in [0.05, 0.1) is 20.3 Å². The largest absolute Gasteiger partial charge is 0.497 e. The summed E-state index contributed by atoms with van der Waals surface area (Å²) in [7, 11) is 3.23. The van der Waals surface area contributed by atoms with E-state index in [0.29, 0.717) is 19.6 Å². The summed E-state index contributed by atoms with van der Waals surface area (Å²) in [5.41, 5.74) is 6.48. The second kappa shape index (κ2) is 5.79. The number of ether oxygens (including phenoxy) is 2. The number of amides is 2. The van der Waals surface area contributed by atoms with Crippen LogP contribution >= 0.6 is 0 Å². The highest BCUT2D eigenvalue weighted by atomic mass is 16.5. The molecule has 1 aromatic rings. The smallest absolute Gasteiger partial charge is 0.318 e. The Morgan fingerprint density at radius 2 is 2.21 bits per heavy atom. The fourth-order valence-electron chi connectivity index (χ4n) is 2.31. The van der Waals surface area contributed by atoms with E-state index >= 15 is 0 Å². The molecule has 19 heavy (non-hydrogen) atoms. The molecule has 6 nitrogen and oxygen atoms in total. The van der Waals surface area contributed by atoms with Crippen molar-refractivity contribution in [3.8, 4) is 11.5 Å². The number of nitrogens with two attached hydrogens (primary N) is 1. The summed E-state index contributed by atoms with van der Waals surface area (Å²) in [6.07, 6.45) is 0. The lowest BCUT2D eigenvalue weighted by Gasteiger charge is -2.24. The molecule has 0 aliphatic carbocycles. The first kappa shape index (κ1) is 13.5. The van der Waals surface area contributed by atoms with Crippen LogP contribution in [0.25, 0.3) is 0 Å². The van der Waals surface area contributed by atoms with E-state index in [1.165, 1.54) is 0 Å². The number of rotatable bonds is 5. The van der Waals surface area contributed by atoms with Gasteiger partial charge in [-0.25, -0.2) is 4.79 Å². The summed E-state index contributed by atoms with van der Waals surface area (Å²) in [5.74, 6) is 1.48. The Labute approximate surface area is 112 Å². The van der Waals surface area contributed by atoms with E-state index in [0.717, 1.165) is 17.1 Å². The van der Waals surface area contributed by atoms with Crippen LogP contribution in [0.2, 0.25) is 0 Å². The highest BCUT2D eigenvalue weighted by Gasteiger charge is 2.33. The van der Waals surface area contributed by atoms with Crippen LogP contribution in [-0.4, -0.2) is 44.8 Å². The lowest BCUT2D eigenvalue weighted by molar-refractivity contribution is 0.205. The number of benzene rings is 1. The van der Waals surface area contributed by atoms with Gasteiger partial charge in [0.15, 0.2) is 0 Å². The van der Waals surface area contributed by atoms with E-state index in [9.17, 15) is 4.79 Å². The zero-order valence-electron chi connectivity index (χ0n) is 11.2. The molecule has 0 aromatic heterocycles. The molecule has 1 aliphatic heterocycles. The number of hydrogen-bond donors (Lipinski definition) is 2. The quantitative estimate of drug-likeness (QED) is 0.823. The van der Waals surface area contributed by atoms with Crippen LogP contribution in [-0.2, 0) is 0 Å². The number of urea groups is 1. The maximum atomic E-state index is 11.8. The number of hydrogen-bond acceptors (Lipinski definition) is 4. The van der Waals surface area contributed by atoms with Crippen LogP contribution in [0.3, 0.4) is 0 Å². The van der Waals surface area contributed by atoms with Crippen molar-refractivity contribution in [1.29, 1.82) is 0 Å². The van der Waals surface area contributed by atoms with E-state index in [4.69, 9.17) is 15.2 Å². The SMILES string of the molecule is COc1ccc(OC)c(C2CNC(=O)N2CCN)c1. The molecule has 1 fully saturated rings. The van der Waals surface area contributed by atoms with Crippen LogP contribution in [0.5, 0.6) is 11.5 Å². The molecule has 1 atom stereocenters. The Morgan fingerprint density at radius 3 is 2.84 bits per heavy atom. The minimum absolute atomic E-state index is 0.0823. The molecule has 1 aromatic carbocycles. The summed E-state index contributed by atoms with van der Waals surface area (Å²) < 4.78 is 10.6. The van der Waals surface area contributed by atoms with Gasteiger partial charge in [-0.15, -0.1) is 0 Å². The van der Waals surface area contributed by atoms with E-state index in [2.05, 4.69) is 5.32 Å². The van der Waals surface area contributed by atoms with Gasteiger partial charge in [0, 0.05) is 25.2 Å². The fourth-order valence-corrected chi connectivity index (χ4v) is 2.31. The third kappa shape index (κ3) is 2.58. The van der Waals surface area contributed by atoms with Gasteiger partial charge in [-0.2, -0.15) is 0 Å². The molecule has 6 heteroatoms. The fraction of sp³-hybridized carbons (Fsp3) is 0.462. The van der Waals surface area contributed by atoms with E-state index in [-0.39, 0.29) is 12.1 Å². The molecule has 104 valence electrons. The van der Waals surface area contributed by atoms with Gasteiger partial charge >= 0.3 is 6.03 Å². The highest BCUT2D eigenvalue weighted by molar-refractivity contribution is 5.77. The zero-order chi connectivity index (χ0) is 13.8. The first-order valence-corrected chi connectivity index (χ1v) is 6.17. The molecule has 1 aliphatic rings. The Bertz CT molecular complexity index is 464. The van der Waals surface area contributed by atoms with Gasteiger partial charge < -0.3 is 25.4 Å². The van der Waals surface area contributed by atoms with E-state index in [1.807, 2.05) is 18.2 Å². The van der Waals surface area contributed by atoms with Crippen LogP contribution in [0.15, 0.2) is 18.2 Å². The Morgan fingerprint density at radius 1 is 1.42 bits per heavy atom. The predicted molar refractivity (Wildman–Crippen MR) is 71.4 cm³/mol. The van der Waals surface area contributed by atoms with Crippen molar-refractivity contribution in [1.82, 2.24) is 10.2 Å². The minimum Gasteiger partial charge on any atom is -0.497 e. The number of carbonyl (C=O) groups excluding carboxylic acids is 1. The molecule has 2 amide bonds. The topological polar surface area (TPSA) is 76.8 Å². The van der Waals surface area contributed by atoms with Crippen molar-refractivity contribution in [3.05, 3.63) is 23.8 Å². The van der Waals surface area contributed by atoms with Crippen LogP contribution < -0.4 is 20.5 Å². The minimum atomic E-state index is -0.0969. The molecule has 0 bridgehead atoms. The average Bonchev–Trinajstić information content (AvgIpc) is 2.80. The molecule has 1 unspecified atom stereocenters. The number of nitrogens with zero attached hydrogens (tertiary/aromatic N) is 1. The summed E-state index contributed by atoms with van der Waals surface area (Å²) >= 11 is 0. The summed E-state index contributed by atoms with van der Waals surface area (Å²) in [6, 6.07) is 5.39. The number of methoxy groups -OCH3 is 2. The van der Waals surface area contributed by atoms with Gasteiger partial charge in [-0.1, -0.05) is 0 Å². The second-order valence-electron chi connectivity index (χ2n) is 4.29. The van der Waals surface area contributed by atoms with Crippen molar-refractivity contribution < 1.29 is 14.3 Å². The summed E-state index contributed by atoms with van der Waals surface area (Å²) in [4.78, 5) is 13.5. The molecule has 1 saturated heterocycles. The normalized spacial score (nSPS) is 18.4. The van der Waals surface area contributed by atoms with Gasteiger partial charge in [0.25, 0.3) is 0 Å². The zero-order valence-corrected chi connectivity index (χ0v) is 11.2. The van der Waals surface area contributed by atoms with Crippen LogP contribution in [0.1, 0.15) is 11.6 Å². The van der Waals surface area contributed by atoms with Gasteiger partial charge in [0.2, 0.25) is 0 Å². The van der Waals surface area contributed by atoms with Gasteiger partial charge in [-0.3, -0.25) is 0 Å². The van der Waals surface area contributed by atoms with E-state index < -0.39 is 0 Å².